The molecule has 2 aliphatic heterocycles. The Morgan fingerprint density at radius 3 is 2.41 bits per heavy atom. The lowest BCUT2D eigenvalue weighted by atomic mass is 10.1. The Balaban J connectivity index is 1.61. The van der Waals surface area contributed by atoms with Gasteiger partial charge in [0.25, 0.3) is 5.91 Å². The Labute approximate surface area is 196 Å². The molecule has 2 heterocycles. The van der Waals surface area contributed by atoms with Gasteiger partial charge in [-0.3, -0.25) is 4.79 Å². The zero-order valence-electron chi connectivity index (χ0n) is 18.9. The van der Waals surface area contributed by atoms with Gasteiger partial charge >= 0.3 is 12.2 Å². The fourth-order valence-electron chi connectivity index (χ4n) is 4.40. The monoisotopic (exact) mass is 472 g/mol. The zero-order valence-corrected chi connectivity index (χ0v) is 18.9. The topological polar surface area (TPSA) is 64.7 Å². The molecule has 180 valence electrons. The highest BCUT2D eigenvalue weighted by Crippen LogP contribution is 2.34. The van der Waals surface area contributed by atoms with Crippen LogP contribution in [-0.2, 0) is 11.0 Å². The number of nitrogens with one attached hydrogen (secondary N) is 2. The van der Waals surface area contributed by atoms with Gasteiger partial charge in [-0.15, -0.1) is 0 Å². The van der Waals surface area contributed by atoms with Crippen molar-refractivity contribution in [2.24, 2.45) is 0 Å². The summed E-state index contributed by atoms with van der Waals surface area (Å²) in [6.07, 6.45) is 1.60. The number of nitrogens with zero attached hydrogens (tertiary/aromatic N) is 2. The highest BCUT2D eigenvalue weighted by Gasteiger charge is 2.32. The molecule has 2 aliphatic rings. The summed E-state index contributed by atoms with van der Waals surface area (Å²) in [4.78, 5) is 29.7. The number of amides is 3. The zero-order chi connectivity index (χ0) is 24.3. The van der Waals surface area contributed by atoms with Gasteiger partial charge in [0.1, 0.15) is 6.04 Å². The lowest BCUT2D eigenvalue weighted by Gasteiger charge is -2.27. The van der Waals surface area contributed by atoms with Crippen LogP contribution in [0.3, 0.4) is 0 Å². The average molecular weight is 473 g/mol. The Hall–Kier alpha value is -3.49. The van der Waals surface area contributed by atoms with Crippen molar-refractivity contribution in [3.63, 3.8) is 0 Å². The number of anilines is 2. The second-order valence-corrected chi connectivity index (χ2v) is 8.52. The van der Waals surface area contributed by atoms with E-state index in [9.17, 15) is 22.8 Å². The maximum Gasteiger partial charge on any atom is 0.416 e. The van der Waals surface area contributed by atoms with Gasteiger partial charge in [0.05, 0.1) is 11.3 Å². The highest BCUT2D eigenvalue weighted by atomic mass is 19.4. The van der Waals surface area contributed by atoms with Gasteiger partial charge in [-0.1, -0.05) is 37.1 Å². The van der Waals surface area contributed by atoms with Crippen LogP contribution in [0.1, 0.15) is 36.8 Å². The molecule has 2 N–H and O–H groups in total. The van der Waals surface area contributed by atoms with Gasteiger partial charge in [-0.25, -0.2) is 4.79 Å². The van der Waals surface area contributed by atoms with E-state index >= 15 is 0 Å². The number of rotatable bonds is 3. The van der Waals surface area contributed by atoms with Crippen molar-refractivity contribution in [3.8, 4) is 0 Å². The van der Waals surface area contributed by atoms with Crippen LogP contribution in [0.2, 0.25) is 0 Å². The predicted octanol–water partition coefficient (Wildman–Crippen LogP) is 5.09. The molecule has 1 saturated heterocycles. The second kappa shape index (κ2) is 9.79. The molecule has 0 aromatic heterocycles. The molecule has 34 heavy (non-hydrogen) atoms. The summed E-state index contributed by atoms with van der Waals surface area (Å²) in [6.45, 7) is 1.70. The molecule has 0 bridgehead atoms. The molecular formula is C25H27F3N4O2. The molecule has 2 aromatic carbocycles. The Kier molecular flexibility index (Phi) is 6.81. The van der Waals surface area contributed by atoms with Crippen LogP contribution in [0.25, 0.3) is 5.70 Å². The number of hydrogen-bond acceptors (Lipinski definition) is 3. The van der Waals surface area contributed by atoms with Crippen molar-refractivity contribution in [2.45, 2.75) is 37.9 Å². The summed E-state index contributed by atoms with van der Waals surface area (Å²) in [7, 11) is 1.65. The fourth-order valence-corrected chi connectivity index (χ4v) is 4.40. The highest BCUT2D eigenvalue weighted by molar-refractivity contribution is 6.05. The van der Waals surface area contributed by atoms with E-state index in [1.807, 2.05) is 24.3 Å². The molecule has 0 radical (unpaired) electrons. The Bertz CT molecular complexity index is 1090. The predicted molar refractivity (Wildman–Crippen MR) is 125 cm³/mol. The van der Waals surface area contributed by atoms with Crippen LogP contribution < -0.4 is 15.5 Å². The molecule has 2 aromatic rings. The van der Waals surface area contributed by atoms with Crippen molar-refractivity contribution in [2.75, 3.05) is 30.4 Å². The van der Waals surface area contributed by atoms with Crippen molar-refractivity contribution in [1.29, 1.82) is 0 Å². The van der Waals surface area contributed by atoms with Crippen LogP contribution in [-0.4, -0.2) is 43.0 Å². The van der Waals surface area contributed by atoms with Crippen LogP contribution in [0.5, 0.6) is 0 Å². The van der Waals surface area contributed by atoms with E-state index in [0.717, 1.165) is 67.9 Å². The molecule has 0 aliphatic carbocycles. The lowest BCUT2D eigenvalue weighted by Crippen LogP contribution is -2.47. The van der Waals surface area contributed by atoms with Gasteiger partial charge in [0.2, 0.25) is 0 Å². The van der Waals surface area contributed by atoms with Crippen molar-refractivity contribution >= 4 is 29.0 Å². The number of likely N-dealkylation sites (tertiary alicyclic amines) is 1. The number of halogens is 3. The maximum absolute atomic E-state index is 13.2. The second-order valence-electron chi connectivity index (χ2n) is 8.52. The third-order valence-corrected chi connectivity index (χ3v) is 6.14. The lowest BCUT2D eigenvalue weighted by molar-refractivity contribution is -0.137. The summed E-state index contributed by atoms with van der Waals surface area (Å²) in [5, 5.41) is 5.06. The van der Waals surface area contributed by atoms with E-state index in [2.05, 4.69) is 15.5 Å². The standard InChI is InChI=1S/C25H27F3N4O2/c1-31-21-12-5-4-11-19(21)22(32-13-6-2-3-7-14-32)16-20(23(31)33)30-24(34)29-18-10-8-9-17(15-18)25(26,27)28/h4-5,8-12,15-16,20H,2-3,6-7,13-14H2,1H3,(H2,29,30,34)/t20-/m1/s1. The smallest absolute Gasteiger partial charge is 0.371 e. The van der Waals surface area contributed by atoms with Crippen LogP contribution in [0.4, 0.5) is 29.3 Å². The van der Waals surface area contributed by atoms with E-state index in [1.54, 1.807) is 13.1 Å². The molecule has 1 fully saturated rings. The Morgan fingerprint density at radius 1 is 1.00 bits per heavy atom. The minimum atomic E-state index is -4.52. The first-order valence-corrected chi connectivity index (χ1v) is 11.3. The Morgan fingerprint density at radius 2 is 1.71 bits per heavy atom. The number of carbonyl (C=O) groups excluding carboxylic acids is 2. The summed E-state index contributed by atoms with van der Waals surface area (Å²) in [6, 6.07) is 10.2. The molecular weight excluding hydrogens is 445 g/mol. The maximum atomic E-state index is 13.2. The summed E-state index contributed by atoms with van der Waals surface area (Å²) in [5.74, 6) is -0.337. The SMILES string of the molecule is CN1C(=O)[C@H](NC(=O)Nc2cccc(C(F)(F)F)c2)C=C(N2CCCCCC2)c2ccccc21. The van der Waals surface area contributed by atoms with Crippen LogP contribution in [0.15, 0.2) is 54.6 Å². The molecule has 0 unspecified atom stereocenters. The van der Waals surface area contributed by atoms with E-state index in [4.69, 9.17) is 0 Å². The van der Waals surface area contributed by atoms with Gasteiger partial charge in [-0.05, 0) is 43.2 Å². The summed E-state index contributed by atoms with van der Waals surface area (Å²) < 4.78 is 39.0. The number of fused-ring (bicyclic) bond motifs is 1. The number of benzene rings is 2. The number of likely N-dealkylation sites (N-methyl/N-ethyl adjacent to an activating group) is 1. The first-order valence-electron chi connectivity index (χ1n) is 11.3. The number of hydrogen-bond donors (Lipinski definition) is 2. The molecule has 4 rings (SSSR count). The minimum Gasteiger partial charge on any atom is -0.371 e. The van der Waals surface area contributed by atoms with Gasteiger partial charge < -0.3 is 20.4 Å². The summed E-state index contributed by atoms with van der Waals surface area (Å²) in [5.41, 5.74) is 1.64. The molecule has 0 saturated carbocycles. The number of carbonyl (C=O) groups is 2. The quantitative estimate of drug-likeness (QED) is 0.654. The van der Waals surface area contributed by atoms with Gasteiger partial charge in [0, 0.05) is 37.1 Å². The van der Waals surface area contributed by atoms with Crippen molar-refractivity contribution < 1.29 is 22.8 Å². The van der Waals surface area contributed by atoms with E-state index in [-0.39, 0.29) is 11.6 Å². The molecule has 0 spiro atoms. The molecule has 3 amide bonds. The number of alkyl halides is 3. The van der Waals surface area contributed by atoms with Crippen LogP contribution in [0, 0.1) is 0 Å². The van der Waals surface area contributed by atoms with Crippen molar-refractivity contribution in [3.05, 3.63) is 65.7 Å². The van der Waals surface area contributed by atoms with E-state index in [1.165, 1.54) is 17.0 Å². The van der Waals surface area contributed by atoms with Gasteiger partial charge in [0.15, 0.2) is 0 Å². The first kappa shape index (κ1) is 23.7. The molecule has 6 nitrogen and oxygen atoms in total. The normalized spacial score (nSPS) is 19.0. The van der Waals surface area contributed by atoms with E-state index in [0.29, 0.717) is 0 Å². The van der Waals surface area contributed by atoms with E-state index < -0.39 is 23.8 Å². The summed E-state index contributed by atoms with van der Waals surface area (Å²) >= 11 is 0. The number of para-hydroxylation sites is 1. The van der Waals surface area contributed by atoms with Crippen molar-refractivity contribution in [1.82, 2.24) is 10.2 Å². The third-order valence-electron chi connectivity index (χ3n) is 6.14. The third kappa shape index (κ3) is 5.18. The minimum absolute atomic E-state index is 0.0123. The first-order chi connectivity index (χ1) is 16.2. The fraction of sp³-hybridized carbons (Fsp3) is 0.360. The molecule has 1 atom stereocenters. The molecule has 9 heteroatoms. The van der Waals surface area contributed by atoms with Gasteiger partial charge in [-0.2, -0.15) is 13.2 Å². The average Bonchev–Trinajstić information content (AvgIpc) is 3.14. The largest absolute Gasteiger partial charge is 0.416 e. The number of urea groups is 1. The van der Waals surface area contributed by atoms with Crippen LogP contribution >= 0.6 is 0 Å².